The van der Waals surface area contributed by atoms with Crippen LogP contribution in [0.4, 0.5) is 10.5 Å². The number of anilines is 1. The van der Waals surface area contributed by atoms with Gasteiger partial charge in [0.25, 0.3) is 11.8 Å². The number of nitrogens with one attached hydrogen (secondary N) is 1. The largest absolute Gasteiger partial charge is 0.490 e. The molecule has 0 aliphatic carbocycles. The Kier molecular flexibility index (Phi) is 7.33. The highest BCUT2D eigenvalue weighted by Gasteiger charge is 2.38. The summed E-state index contributed by atoms with van der Waals surface area (Å²) in [5.41, 5.74) is 0.157. The zero-order chi connectivity index (χ0) is 23.6. The normalized spacial score (nSPS) is 15.4. The maximum atomic E-state index is 13.1. The van der Waals surface area contributed by atoms with Crippen LogP contribution in [0.15, 0.2) is 35.9 Å². The van der Waals surface area contributed by atoms with E-state index in [1.807, 2.05) is 13.8 Å². The Bertz CT molecular complexity index is 1130. The zero-order valence-corrected chi connectivity index (χ0v) is 19.6. The van der Waals surface area contributed by atoms with Crippen molar-refractivity contribution in [1.29, 1.82) is 0 Å². The van der Waals surface area contributed by atoms with Gasteiger partial charge in [0.2, 0.25) is 0 Å². The highest BCUT2D eigenvalue weighted by molar-refractivity contribution is 6.46. The fourth-order valence-electron chi connectivity index (χ4n) is 2.99. The van der Waals surface area contributed by atoms with E-state index in [9.17, 15) is 14.4 Å². The molecule has 0 bridgehead atoms. The summed E-state index contributed by atoms with van der Waals surface area (Å²) in [7, 11) is 0. The molecule has 32 heavy (non-hydrogen) atoms. The Balaban J connectivity index is 2.07. The molecule has 1 N–H and O–H groups in total. The lowest BCUT2D eigenvalue weighted by Crippen LogP contribution is -2.54. The van der Waals surface area contributed by atoms with Gasteiger partial charge in [-0.15, -0.1) is 0 Å². The molecule has 3 rings (SSSR count). The SMILES string of the molecule is CCOc1cc(/C=C2\C(=O)NC(=O)N(c3cccc(Cl)c3Cl)C2=O)cc(Cl)c1OC(C)C. The van der Waals surface area contributed by atoms with Gasteiger partial charge in [0.15, 0.2) is 11.5 Å². The van der Waals surface area contributed by atoms with Gasteiger partial charge in [-0.25, -0.2) is 9.69 Å². The van der Waals surface area contributed by atoms with Crippen LogP contribution in [0.25, 0.3) is 6.08 Å². The summed E-state index contributed by atoms with van der Waals surface area (Å²) in [6.45, 7) is 5.84. The average molecular weight is 498 g/mol. The number of hydrogen-bond donors (Lipinski definition) is 1. The van der Waals surface area contributed by atoms with E-state index >= 15 is 0 Å². The molecule has 2 aromatic rings. The number of imide groups is 2. The summed E-state index contributed by atoms with van der Waals surface area (Å²) >= 11 is 18.6. The van der Waals surface area contributed by atoms with Gasteiger partial charge in [0, 0.05) is 0 Å². The molecule has 10 heteroatoms. The van der Waals surface area contributed by atoms with Crippen LogP contribution in [0.5, 0.6) is 11.5 Å². The highest BCUT2D eigenvalue weighted by Crippen LogP contribution is 2.39. The third kappa shape index (κ3) is 4.85. The standard InChI is InChI=1S/C22H19Cl3N2O5/c1-4-31-17-10-12(9-15(24)19(17)32-11(2)3)8-13-20(28)26-22(30)27(21(13)29)16-7-5-6-14(23)18(16)25/h5-11H,4H2,1-3H3,(H,26,28,30)/b13-8+. The number of ether oxygens (including phenoxy) is 2. The Morgan fingerprint density at radius 3 is 2.47 bits per heavy atom. The lowest BCUT2D eigenvalue weighted by molar-refractivity contribution is -0.122. The van der Waals surface area contributed by atoms with Crippen LogP contribution in [0.3, 0.4) is 0 Å². The number of urea groups is 1. The van der Waals surface area contributed by atoms with Crippen LogP contribution in [-0.4, -0.2) is 30.6 Å². The molecular weight excluding hydrogens is 479 g/mol. The minimum atomic E-state index is -0.935. The summed E-state index contributed by atoms with van der Waals surface area (Å²) in [5.74, 6) is -1.01. The summed E-state index contributed by atoms with van der Waals surface area (Å²) in [5, 5.41) is 2.53. The number of halogens is 3. The van der Waals surface area contributed by atoms with Gasteiger partial charge in [-0.3, -0.25) is 14.9 Å². The quantitative estimate of drug-likeness (QED) is 0.421. The Labute approximate surface area is 199 Å². The third-order valence-corrected chi connectivity index (χ3v) is 5.36. The first-order chi connectivity index (χ1) is 15.1. The number of carbonyl (C=O) groups excluding carboxylic acids is 3. The van der Waals surface area contributed by atoms with Crippen molar-refractivity contribution in [2.75, 3.05) is 11.5 Å². The van der Waals surface area contributed by atoms with Gasteiger partial charge in [0.05, 0.1) is 33.5 Å². The fourth-order valence-corrected chi connectivity index (χ4v) is 3.64. The Morgan fingerprint density at radius 2 is 1.81 bits per heavy atom. The van der Waals surface area contributed by atoms with E-state index in [0.717, 1.165) is 4.90 Å². The van der Waals surface area contributed by atoms with Gasteiger partial charge < -0.3 is 9.47 Å². The maximum Gasteiger partial charge on any atom is 0.336 e. The molecule has 1 aliphatic heterocycles. The number of hydrogen-bond acceptors (Lipinski definition) is 5. The van der Waals surface area contributed by atoms with Crippen LogP contribution < -0.4 is 19.7 Å². The third-order valence-electron chi connectivity index (χ3n) is 4.27. The molecule has 0 unspecified atom stereocenters. The fraction of sp³-hybridized carbons (Fsp3) is 0.227. The topological polar surface area (TPSA) is 84.9 Å². The number of nitrogens with zero attached hydrogens (tertiary/aromatic N) is 1. The summed E-state index contributed by atoms with van der Waals surface area (Å²) in [6, 6.07) is 6.68. The smallest absolute Gasteiger partial charge is 0.336 e. The van der Waals surface area contributed by atoms with Gasteiger partial charge in [-0.05, 0) is 56.7 Å². The number of amides is 4. The molecule has 0 aromatic heterocycles. The van der Waals surface area contributed by atoms with E-state index in [1.165, 1.54) is 30.3 Å². The minimum Gasteiger partial charge on any atom is -0.490 e. The van der Waals surface area contributed by atoms with Crippen molar-refractivity contribution in [1.82, 2.24) is 5.32 Å². The Hall–Kier alpha value is -2.74. The molecule has 168 valence electrons. The molecule has 0 atom stereocenters. The van der Waals surface area contributed by atoms with Crippen molar-refractivity contribution in [2.24, 2.45) is 0 Å². The molecule has 0 radical (unpaired) electrons. The number of rotatable bonds is 6. The van der Waals surface area contributed by atoms with E-state index < -0.39 is 17.8 Å². The van der Waals surface area contributed by atoms with Crippen molar-refractivity contribution in [3.8, 4) is 11.5 Å². The molecule has 0 saturated carbocycles. The molecule has 1 aliphatic rings. The van der Waals surface area contributed by atoms with Gasteiger partial charge >= 0.3 is 6.03 Å². The zero-order valence-electron chi connectivity index (χ0n) is 17.4. The monoisotopic (exact) mass is 496 g/mol. The first-order valence-electron chi connectivity index (χ1n) is 9.62. The second kappa shape index (κ2) is 9.81. The predicted molar refractivity (Wildman–Crippen MR) is 124 cm³/mol. The first-order valence-corrected chi connectivity index (χ1v) is 10.8. The minimum absolute atomic E-state index is 0.00299. The molecule has 7 nitrogen and oxygen atoms in total. The molecule has 4 amide bonds. The lowest BCUT2D eigenvalue weighted by atomic mass is 10.1. The first kappa shape index (κ1) is 23.9. The molecule has 2 aromatic carbocycles. The average Bonchev–Trinajstić information content (AvgIpc) is 2.71. The number of carbonyl (C=O) groups is 3. The summed E-state index contributed by atoms with van der Waals surface area (Å²) in [4.78, 5) is 38.7. The number of benzene rings is 2. The van der Waals surface area contributed by atoms with Crippen molar-refractivity contribution in [3.05, 3.63) is 56.5 Å². The molecule has 0 spiro atoms. The van der Waals surface area contributed by atoms with Crippen molar-refractivity contribution in [2.45, 2.75) is 26.9 Å². The van der Waals surface area contributed by atoms with E-state index in [1.54, 1.807) is 13.0 Å². The van der Waals surface area contributed by atoms with Gasteiger partial charge in [0.1, 0.15) is 5.57 Å². The Morgan fingerprint density at radius 1 is 1.09 bits per heavy atom. The van der Waals surface area contributed by atoms with E-state index in [0.29, 0.717) is 23.7 Å². The van der Waals surface area contributed by atoms with E-state index in [-0.39, 0.29) is 32.4 Å². The van der Waals surface area contributed by atoms with Gasteiger partial charge in [-0.1, -0.05) is 40.9 Å². The van der Waals surface area contributed by atoms with Crippen LogP contribution in [0.2, 0.25) is 15.1 Å². The summed E-state index contributed by atoms with van der Waals surface area (Å²) < 4.78 is 11.3. The van der Waals surface area contributed by atoms with Crippen LogP contribution in [-0.2, 0) is 9.59 Å². The summed E-state index contributed by atoms with van der Waals surface area (Å²) in [6.07, 6.45) is 1.16. The second-order valence-electron chi connectivity index (χ2n) is 6.96. The molecular formula is C22H19Cl3N2O5. The van der Waals surface area contributed by atoms with Crippen LogP contribution in [0, 0.1) is 0 Å². The number of barbiturate groups is 1. The van der Waals surface area contributed by atoms with E-state index in [4.69, 9.17) is 44.3 Å². The highest BCUT2D eigenvalue weighted by atomic mass is 35.5. The van der Waals surface area contributed by atoms with Crippen LogP contribution in [0.1, 0.15) is 26.3 Å². The molecule has 1 heterocycles. The van der Waals surface area contributed by atoms with Crippen LogP contribution >= 0.6 is 34.8 Å². The lowest BCUT2D eigenvalue weighted by Gasteiger charge is -2.27. The van der Waals surface area contributed by atoms with E-state index in [2.05, 4.69) is 5.32 Å². The van der Waals surface area contributed by atoms with Crippen molar-refractivity contribution in [3.63, 3.8) is 0 Å². The van der Waals surface area contributed by atoms with Crippen molar-refractivity contribution >= 4 is 64.4 Å². The molecule has 1 fully saturated rings. The van der Waals surface area contributed by atoms with Gasteiger partial charge in [-0.2, -0.15) is 0 Å². The van der Waals surface area contributed by atoms with Crippen molar-refractivity contribution < 1.29 is 23.9 Å². The maximum absolute atomic E-state index is 13.1. The second-order valence-corrected chi connectivity index (χ2v) is 8.15. The molecule has 1 saturated heterocycles. The predicted octanol–water partition coefficient (Wildman–Crippen LogP) is 5.50.